The van der Waals surface area contributed by atoms with E-state index in [1.54, 1.807) is 0 Å². The van der Waals surface area contributed by atoms with E-state index in [-0.39, 0.29) is 18.5 Å². The third kappa shape index (κ3) is 47.8. The Kier molecular flexibility index (Phi) is 50.6. The molecule has 0 aliphatic carbocycles. The Balaban J connectivity index is 3.43. The molecule has 0 aromatic rings. The Labute approximate surface area is 386 Å². The fourth-order valence-corrected chi connectivity index (χ4v) is 8.49. The van der Waals surface area contributed by atoms with Gasteiger partial charge in [0.05, 0.1) is 25.4 Å². The van der Waals surface area contributed by atoms with Crippen LogP contribution < -0.4 is 5.32 Å². The number of carbonyl (C=O) groups is 2. The van der Waals surface area contributed by atoms with Crippen molar-refractivity contribution in [2.24, 2.45) is 0 Å². The zero-order valence-corrected chi connectivity index (χ0v) is 41.6. The first-order chi connectivity index (χ1) is 30.5. The first kappa shape index (κ1) is 60.3. The molecule has 0 bridgehead atoms. The van der Waals surface area contributed by atoms with Crippen LogP contribution in [0, 0.1) is 0 Å². The number of ether oxygens (including phenoxy) is 1. The van der Waals surface area contributed by atoms with Gasteiger partial charge in [-0.1, -0.05) is 250 Å². The highest BCUT2D eigenvalue weighted by molar-refractivity contribution is 5.76. The molecule has 0 rings (SSSR count). The fourth-order valence-electron chi connectivity index (χ4n) is 8.49. The van der Waals surface area contributed by atoms with E-state index in [2.05, 4.69) is 43.5 Å². The summed E-state index contributed by atoms with van der Waals surface area (Å²) in [5.74, 6) is -0.0394. The van der Waals surface area contributed by atoms with Crippen molar-refractivity contribution >= 4 is 11.9 Å². The van der Waals surface area contributed by atoms with Crippen molar-refractivity contribution in [1.82, 2.24) is 5.32 Å². The summed E-state index contributed by atoms with van der Waals surface area (Å²) in [6.45, 7) is 4.93. The van der Waals surface area contributed by atoms with Crippen molar-refractivity contribution in [3.63, 3.8) is 0 Å². The second kappa shape index (κ2) is 52.0. The molecule has 0 spiro atoms. The Hall–Kier alpha value is -1.66. The van der Waals surface area contributed by atoms with E-state index in [0.29, 0.717) is 25.9 Å². The molecule has 3 N–H and O–H groups in total. The van der Waals surface area contributed by atoms with Crippen LogP contribution in [-0.4, -0.2) is 47.4 Å². The maximum absolute atomic E-state index is 12.4. The van der Waals surface area contributed by atoms with E-state index in [9.17, 15) is 19.8 Å². The van der Waals surface area contributed by atoms with E-state index in [1.165, 1.54) is 212 Å². The van der Waals surface area contributed by atoms with E-state index < -0.39 is 12.1 Å². The minimum absolute atomic E-state index is 0.00752. The number of rotatable bonds is 51. The van der Waals surface area contributed by atoms with Gasteiger partial charge in [0.25, 0.3) is 0 Å². The summed E-state index contributed by atoms with van der Waals surface area (Å²) in [5.41, 5.74) is 0. The Morgan fingerprint density at radius 1 is 0.452 bits per heavy atom. The van der Waals surface area contributed by atoms with Gasteiger partial charge < -0.3 is 20.3 Å². The average Bonchev–Trinajstić information content (AvgIpc) is 3.27. The van der Waals surface area contributed by atoms with Crippen LogP contribution in [0.1, 0.15) is 296 Å². The molecule has 2 unspecified atom stereocenters. The summed E-state index contributed by atoms with van der Waals surface area (Å²) in [6.07, 6.45) is 61.7. The number of hydrogen-bond donors (Lipinski definition) is 3. The first-order valence-corrected chi connectivity index (χ1v) is 27.6. The highest BCUT2D eigenvalue weighted by atomic mass is 16.5. The zero-order chi connectivity index (χ0) is 45.1. The van der Waals surface area contributed by atoms with Gasteiger partial charge in [-0.3, -0.25) is 9.59 Å². The standard InChI is InChI=1S/C56H107NO5/c1-3-5-7-9-11-13-15-30-34-38-42-46-50-56(61)62-51-47-43-39-35-31-28-26-24-22-20-18-16-17-19-21-23-25-27-29-33-37-41-45-49-55(60)57-53(52-58)54(59)48-44-40-36-32-14-12-10-8-6-4-2/h16,18-19,21,53-54,58-59H,3-15,17,20,22-52H2,1-2H3,(H,57,60)/b18-16-,21-19-. The summed E-state index contributed by atoms with van der Waals surface area (Å²) in [4.78, 5) is 24.4. The molecule has 0 fully saturated rings. The van der Waals surface area contributed by atoms with Gasteiger partial charge in [0.2, 0.25) is 5.91 Å². The predicted octanol–water partition coefficient (Wildman–Crippen LogP) is 16.7. The summed E-state index contributed by atoms with van der Waals surface area (Å²) in [5, 5.41) is 23.1. The van der Waals surface area contributed by atoms with Crippen molar-refractivity contribution in [2.45, 2.75) is 309 Å². The number of amides is 1. The van der Waals surface area contributed by atoms with Crippen molar-refractivity contribution in [3.05, 3.63) is 24.3 Å². The molecule has 6 heteroatoms. The highest BCUT2D eigenvalue weighted by Crippen LogP contribution is 2.16. The van der Waals surface area contributed by atoms with Crippen molar-refractivity contribution in [3.8, 4) is 0 Å². The van der Waals surface area contributed by atoms with E-state index in [0.717, 1.165) is 51.4 Å². The predicted molar refractivity (Wildman–Crippen MR) is 269 cm³/mol. The monoisotopic (exact) mass is 874 g/mol. The molecule has 0 aliphatic rings. The second-order valence-electron chi connectivity index (χ2n) is 18.9. The van der Waals surface area contributed by atoms with Crippen LogP contribution in [0.2, 0.25) is 0 Å². The molecule has 0 aromatic carbocycles. The van der Waals surface area contributed by atoms with Gasteiger partial charge in [0, 0.05) is 12.8 Å². The van der Waals surface area contributed by atoms with Gasteiger partial charge in [-0.05, 0) is 57.8 Å². The molecule has 1 amide bonds. The fraction of sp³-hybridized carbons (Fsp3) is 0.893. The lowest BCUT2D eigenvalue weighted by atomic mass is 10.0. The summed E-state index contributed by atoms with van der Waals surface area (Å²) in [7, 11) is 0. The lowest BCUT2D eigenvalue weighted by Crippen LogP contribution is -2.45. The van der Waals surface area contributed by atoms with Crippen molar-refractivity contribution in [1.29, 1.82) is 0 Å². The molecule has 62 heavy (non-hydrogen) atoms. The topological polar surface area (TPSA) is 95.9 Å². The van der Waals surface area contributed by atoms with Gasteiger partial charge in [0.15, 0.2) is 0 Å². The molecule has 6 nitrogen and oxygen atoms in total. The van der Waals surface area contributed by atoms with E-state index >= 15 is 0 Å². The van der Waals surface area contributed by atoms with Gasteiger partial charge in [0.1, 0.15) is 0 Å². The lowest BCUT2D eigenvalue weighted by Gasteiger charge is -2.22. The smallest absolute Gasteiger partial charge is 0.305 e. The molecule has 0 heterocycles. The quantitative estimate of drug-likeness (QED) is 0.0321. The largest absolute Gasteiger partial charge is 0.466 e. The number of esters is 1. The molecule has 0 aliphatic heterocycles. The highest BCUT2D eigenvalue weighted by Gasteiger charge is 2.20. The molecule has 0 radical (unpaired) electrons. The van der Waals surface area contributed by atoms with Crippen molar-refractivity contribution < 1.29 is 24.5 Å². The maximum Gasteiger partial charge on any atom is 0.305 e. The van der Waals surface area contributed by atoms with Crippen LogP contribution in [0.25, 0.3) is 0 Å². The molecule has 0 aromatic heterocycles. The molecule has 0 saturated carbocycles. The lowest BCUT2D eigenvalue weighted by molar-refractivity contribution is -0.143. The number of hydrogen-bond acceptors (Lipinski definition) is 5. The van der Waals surface area contributed by atoms with Gasteiger partial charge >= 0.3 is 5.97 Å². The Bertz CT molecular complexity index is 966. The van der Waals surface area contributed by atoms with Crippen molar-refractivity contribution in [2.75, 3.05) is 13.2 Å². The molecular weight excluding hydrogens is 767 g/mol. The summed E-state index contributed by atoms with van der Waals surface area (Å²) < 4.78 is 5.46. The number of aliphatic hydroxyl groups is 2. The van der Waals surface area contributed by atoms with Crippen LogP contribution in [0.4, 0.5) is 0 Å². The van der Waals surface area contributed by atoms with Crippen LogP contribution in [0.3, 0.4) is 0 Å². The van der Waals surface area contributed by atoms with Crippen LogP contribution in [0.5, 0.6) is 0 Å². The Morgan fingerprint density at radius 3 is 1.23 bits per heavy atom. The first-order valence-electron chi connectivity index (χ1n) is 27.6. The third-order valence-corrected chi connectivity index (χ3v) is 12.8. The molecule has 0 saturated heterocycles. The number of unbranched alkanes of at least 4 members (excludes halogenated alkanes) is 36. The molecule has 366 valence electrons. The van der Waals surface area contributed by atoms with E-state index in [1.807, 2.05) is 0 Å². The number of aliphatic hydroxyl groups excluding tert-OH is 2. The Morgan fingerprint density at radius 2 is 0.806 bits per heavy atom. The third-order valence-electron chi connectivity index (χ3n) is 12.8. The van der Waals surface area contributed by atoms with Crippen LogP contribution >= 0.6 is 0 Å². The number of carbonyl (C=O) groups excluding carboxylic acids is 2. The molecular formula is C56H107NO5. The van der Waals surface area contributed by atoms with Crippen LogP contribution in [0.15, 0.2) is 24.3 Å². The van der Waals surface area contributed by atoms with Gasteiger partial charge in [-0.2, -0.15) is 0 Å². The maximum atomic E-state index is 12.4. The summed E-state index contributed by atoms with van der Waals surface area (Å²) >= 11 is 0. The minimum Gasteiger partial charge on any atom is -0.466 e. The van der Waals surface area contributed by atoms with Crippen LogP contribution in [-0.2, 0) is 14.3 Å². The van der Waals surface area contributed by atoms with Gasteiger partial charge in [-0.15, -0.1) is 0 Å². The minimum atomic E-state index is -0.668. The normalized spacial score (nSPS) is 12.8. The number of allylic oxidation sites excluding steroid dienone is 4. The number of nitrogens with one attached hydrogen (secondary N) is 1. The van der Waals surface area contributed by atoms with Gasteiger partial charge in [-0.25, -0.2) is 0 Å². The SMILES string of the molecule is CCCCCCCCCCCCCCC(=O)OCCCCCCCCCCC/C=C\C/C=C\CCCCCCCCCC(=O)NC(CO)C(O)CCCCCCCCCCCC. The average molecular weight is 874 g/mol. The zero-order valence-electron chi connectivity index (χ0n) is 41.6. The van der Waals surface area contributed by atoms with E-state index in [4.69, 9.17) is 4.74 Å². The second-order valence-corrected chi connectivity index (χ2v) is 18.9. The summed E-state index contributed by atoms with van der Waals surface area (Å²) in [6, 6.07) is -0.547. The molecule has 2 atom stereocenters.